The molecule has 0 unspecified atom stereocenters. The lowest BCUT2D eigenvalue weighted by atomic mass is 10.2. The van der Waals surface area contributed by atoms with E-state index < -0.39 is 25.6 Å². The van der Waals surface area contributed by atoms with Crippen molar-refractivity contribution in [1.82, 2.24) is 4.98 Å². The molecular formula is C19H17N3O5S. The maximum absolute atomic E-state index is 12.5. The molecule has 0 aliphatic heterocycles. The Hall–Kier alpha value is -3.51. The molecule has 3 aromatic rings. The summed E-state index contributed by atoms with van der Waals surface area (Å²) in [5, 5.41) is 20.5. The van der Waals surface area contributed by atoms with Gasteiger partial charge in [0, 0.05) is 11.5 Å². The largest absolute Gasteiger partial charge is 0.379 e. The average Bonchev–Trinajstić information content (AvgIpc) is 2.68. The van der Waals surface area contributed by atoms with E-state index in [0.29, 0.717) is 16.5 Å². The molecule has 1 aromatic heterocycles. The van der Waals surface area contributed by atoms with Gasteiger partial charge in [0.05, 0.1) is 10.4 Å². The lowest BCUT2D eigenvalue weighted by Crippen LogP contribution is -2.12. The fourth-order valence-corrected chi connectivity index (χ4v) is 3.54. The predicted octanol–water partition coefficient (Wildman–Crippen LogP) is 4.12. The molecule has 9 heteroatoms. The van der Waals surface area contributed by atoms with Crippen LogP contribution in [-0.2, 0) is 10.1 Å². The van der Waals surface area contributed by atoms with Gasteiger partial charge in [0.25, 0.3) is 5.69 Å². The summed E-state index contributed by atoms with van der Waals surface area (Å²) in [7, 11) is -4.41. The molecule has 28 heavy (non-hydrogen) atoms. The third kappa shape index (κ3) is 4.42. The molecule has 0 aliphatic carbocycles. The predicted molar refractivity (Wildman–Crippen MR) is 103 cm³/mol. The topological polar surface area (TPSA) is 123 Å². The van der Waals surface area contributed by atoms with Crippen LogP contribution in [-0.4, -0.2) is 18.3 Å². The standard InChI is InChI=1S/C17H11N3O5S.C2H6/c1-11-2-7-16(20(21)22)17(8-11)26(23,24)25-14-5-6-15-12(9-14)3-4-13(10-18)19-15;1-2/h2-9H,1H3;1-2H3. The number of hydrogen-bond donors (Lipinski definition) is 0. The summed E-state index contributed by atoms with van der Waals surface area (Å²) in [4.78, 5) is 13.9. The summed E-state index contributed by atoms with van der Waals surface area (Å²) in [5.41, 5.74) is 0.714. The Morgan fingerprint density at radius 3 is 2.46 bits per heavy atom. The zero-order valence-electron chi connectivity index (χ0n) is 15.4. The van der Waals surface area contributed by atoms with Crippen LogP contribution in [0.2, 0.25) is 0 Å². The minimum Gasteiger partial charge on any atom is -0.379 e. The number of nitro groups is 1. The maximum atomic E-state index is 12.5. The SMILES string of the molecule is CC.Cc1ccc([N+](=O)[O-])c(S(=O)(=O)Oc2ccc3nc(C#N)ccc3c2)c1. The minimum absolute atomic E-state index is 0.0141. The van der Waals surface area contributed by atoms with Crippen molar-refractivity contribution < 1.29 is 17.5 Å². The van der Waals surface area contributed by atoms with Crippen LogP contribution in [0.5, 0.6) is 5.75 Å². The Bertz CT molecular complexity index is 1180. The first-order valence-electron chi connectivity index (χ1n) is 8.30. The summed E-state index contributed by atoms with van der Waals surface area (Å²) in [6.07, 6.45) is 0. The molecule has 8 nitrogen and oxygen atoms in total. The second-order valence-corrected chi connectivity index (χ2v) is 6.94. The molecule has 2 aromatic carbocycles. The van der Waals surface area contributed by atoms with Crippen molar-refractivity contribution >= 4 is 26.7 Å². The second-order valence-electron chi connectivity index (χ2n) is 5.43. The normalized spacial score (nSPS) is 10.5. The smallest absolute Gasteiger partial charge is 0.346 e. The zero-order valence-corrected chi connectivity index (χ0v) is 16.2. The van der Waals surface area contributed by atoms with Crippen LogP contribution in [0, 0.1) is 28.4 Å². The highest BCUT2D eigenvalue weighted by Crippen LogP contribution is 2.29. The number of pyridine rings is 1. The van der Waals surface area contributed by atoms with Gasteiger partial charge in [-0.2, -0.15) is 13.7 Å². The van der Waals surface area contributed by atoms with E-state index in [0.717, 1.165) is 6.07 Å². The molecular weight excluding hydrogens is 382 g/mol. The molecule has 0 aliphatic rings. The van der Waals surface area contributed by atoms with Crippen LogP contribution in [0.3, 0.4) is 0 Å². The van der Waals surface area contributed by atoms with Crippen LogP contribution in [0.4, 0.5) is 5.69 Å². The molecule has 0 saturated carbocycles. The number of nitrogens with zero attached hydrogens (tertiary/aromatic N) is 3. The van der Waals surface area contributed by atoms with Gasteiger partial charge in [-0.3, -0.25) is 10.1 Å². The number of nitriles is 1. The highest BCUT2D eigenvalue weighted by Gasteiger charge is 2.28. The lowest BCUT2D eigenvalue weighted by molar-refractivity contribution is -0.387. The lowest BCUT2D eigenvalue weighted by Gasteiger charge is -2.09. The van der Waals surface area contributed by atoms with Crippen LogP contribution in [0.25, 0.3) is 10.9 Å². The highest BCUT2D eigenvalue weighted by molar-refractivity contribution is 7.87. The number of aryl methyl sites for hydroxylation is 1. The van der Waals surface area contributed by atoms with Crippen LogP contribution in [0.1, 0.15) is 25.1 Å². The Kier molecular flexibility index (Phi) is 6.28. The molecule has 0 saturated heterocycles. The van der Waals surface area contributed by atoms with Gasteiger partial charge in [-0.05, 0) is 48.9 Å². The molecule has 144 valence electrons. The summed E-state index contributed by atoms with van der Waals surface area (Å²) < 4.78 is 30.1. The number of rotatable bonds is 4. The molecule has 0 radical (unpaired) electrons. The molecule has 0 spiro atoms. The first-order chi connectivity index (χ1) is 13.3. The van der Waals surface area contributed by atoms with Crippen LogP contribution in [0.15, 0.2) is 53.4 Å². The molecule has 0 N–H and O–H groups in total. The van der Waals surface area contributed by atoms with Crippen molar-refractivity contribution in [3.05, 3.63) is 69.9 Å². The Balaban J connectivity index is 0.00000136. The maximum Gasteiger partial charge on any atom is 0.346 e. The van der Waals surface area contributed by atoms with Gasteiger partial charge in [0.15, 0.2) is 4.90 Å². The van der Waals surface area contributed by atoms with E-state index in [9.17, 15) is 18.5 Å². The minimum atomic E-state index is -4.41. The second kappa shape index (κ2) is 8.45. The summed E-state index contributed by atoms with van der Waals surface area (Å²) in [5.74, 6) is -0.0141. The van der Waals surface area contributed by atoms with E-state index in [4.69, 9.17) is 9.44 Å². The van der Waals surface area contributed by atoms with E-state index in [1.165, 1.54) is 36.4 Å². The van der Waals surface area contributed by atoms with Crippen molar-refractivity contribution in [3.8, 4) is 11.8 Å². The van der Waals surface area contributed by atoms with E-state index in [2.05, 4.69) is 4.98 Å². The Morgan fingerprint density at radius 2 is 1.82 bits per heavy atom. The number of aromatic nitrogens is 1. The molecule has 0 atom stereocenters. The van der Waals surface area contributed by atoms with Crippen molar-refractivity contribution in [1.29, 1.82) is 5.26 Å². The summed E-state index contributed by atoms with van der Waals surface area (Å²) in [6, 6.07) is 13.1. The van der Waals surface area contributed by atoms with Crippen molar-refractivity contribution in [2.24, 2.45) is 0 Å². The van der Waals surface area contributed by atoms with E-state index >= 15 is 0 Å². The van der Waals surface area contributed by atoms with Crippen LogP contribution < -0.4 is 4.18 Å². The average molecular weight is 399 g/mol. The van der Waals surface area contributed by atoms with E-state index in [1.54, 1.807) is 13.0 Å². The first-order valence-corrected chi connectivity index (χ1v) is 9.71. The number of hydrogen-bond acceptors (Lipinski definition) is 7. The van der Waals surface area contributed by atoms with Gasteiger partial charge in [-0.15, -0.1) is 0 Å². The van der Waals surface area contributed by atoms with Crippen molar-refractivity contribution in [3.63, 3.8) is 0 Å². The molecule has 0 bridgehead atoms. The monoisotopic (exact) mass is 399 g/mol. The summed E-state index contributed by atoms with van der Waals surface area (Å²) >= 11 is 0. The highest BCUT2D eigenvalue weighted by atomic mass is 32.2. The third-order valence-corrected chi connectivity index (χ3v) is 4.84. The van der Waals surface area contributed by atoms with Gasteiger partial charge < -0.3 is 4.18 Å². The molecule has 1 heterocycles. The van der Waals surface area contributed by atoms with E-state index in [1.807, 2.05) is 19.9 Å². The number of fused-ring (bicyclic) bond motifs is 1. The van der Waals surface area contributed by atoms with Gasteiger partial charge in [0.1, 0.15) is 17.5 Å². The van der Waals surface area contributed by atoms with Crippen molar-refractivity contribution in [2.75, 3.05) is 0 Å². The molecule has 3 rings (SSSR count). The van der Waals surface area contributed by atoms with Gasteiger partial charge in [-0.1, -0.05) is 19.9 Å². The number of benzene rings is 2. The van der Waals surface area contributed by atoms with Crippen LogP contribution >= 0.6 is 0 Å². The molecule has 0 fully saturated rings. The third-order valence-electron chi connectivity index (χ3n) is 3.56. The van der Waals surface area contributed by atoms with Gasteiger partial charge >= 0.3 is 10.1 Å². The fourth-order valence-electron chi connectivity index (χ4n) is 2.36. The number of nitro benzene ring substituents is 1. The fraction of sp³-hybridized carbons (Fsp3) is 0.158. The van der Waals surface area contributed by atoms with Gasteiger partial charge in [-0.25, -0.2) is 4.98 Å². The quantitative estimate of drug-likeness (QED) is 0.367. The van der Waals surface area contributed by atoms with Gasteiger partial charge in [0.2, 0.25) is 0 Å². The van der Waals surface area contributed by atoms with Crippen molar-refractivity contribution in [2.45, 2.75) is 25.7 Å². The zero-order chi connectivity index (χ0) is 20.9. The Labute approximate surface area is 162 Å². The summed E-state index contributed by atoms with van der Waals surface area (Å²) in [6.45, 7) is 5.62. The van der Waals surface area contributed by atoms with E-state index in [-0.39, 0.29) is 11.4 Å². The first kappa shape index (κ1) is 20.8. The molecule has 0 amide bonds. The Morgan fingerprint density at radius 1 is 1.11 bits per heavy atom.